The van der Waals surface area contributed by atoms with Gasteiger partial charge in [0, 0.05) is 57.9 Å². The maximum Gasteiger partial charge on any atom is 0.228 e. The molecule has 1 aromatic carbocycles. The van der Waals surface area contributed by atoms with Gasteiger partial charge in [-0.05, 0) is 25.3 Å². The average molecular weight is 438 g/mol. The molecule has 8 nitrogen and oxygen atoms in total. The second-order valence-electron chi connectivity index (χ2n) is 8.95. The van der Waals surface area contributed by atoms with Crippen molar-refractivity contribution in [1.82, 2.24) is 19.8 Å². The van der Waals surface area contributed by atoms with Crippen molar-refractivity contribution in [1.29, 1.82) is 0 Å². The Labute approximate surface area is 188 Å². The van der Waals surface area contributed by atoms with Gasteiger partial charge in [-0.25, -0.2) is 4.98 Å². The molecule has 0 radical (unpaired) electrons. The number of benzene rings is 1. The maximum absolute atomic E-state index is 13.5. The number of likely N-dealkylation sites (tertiary alicyclic amines) is 1. The number of hydrogen-bond acceptors (Lipinski definition) is 5. The minimum Gasteiger partial charge on any atom is -0.392 e. The SMILES string of the molecule is CC(=O)N1CCC[C@](C[C@H]2CC(c3ccccc3C)=NO2)(C(=O)NCc2nccn2C)C1. The van der Waals surface area contributed by atoms with Gasteiger partial charge in [0.25, 0.3) is 0 Å². The number of piperidine rings is 1. The van der Waals surface area contributed by atoms with E-state index < -0.39 is 5.41 Å². The Kier molecular flexibility index (Phi) is 6.30. The summed E-state index contributed by atoms with van der Waals surface area (Å²) in [7, 11) is 1.90. The number of aryl methyl sites for hydroxylation is 2. The minimum atomic E-state index is -0.712. The lowest BCUT2D eigenvalue weighted by molar-refractivity contribution is -0.143. The van der Waals surface area contributed by atoms with E-state index in [1.54, 1.807) is 18.0 Å². The Hall–Kier alpha value is -3.16. The van der Waals surface area contributed by atoms with E-state index in [0.717, 1.165) is 29.1 Å². The number of nitrogens with zero attached hydrogens (tertiary/aromatic N) is 4. The molecule has 0 bridgehead atoms. The lowest BCUT2D eigenvalue weighted by Gasteiger charge is -2.42. The number of carbonyl (C=O) groups excluding carboxylic acids is 2. The highest BCUT2D eigenvalue weighted by Gasteiger charge is 2.46. The quantitative estimate of drug-likeness (QED) is 0.752. The van der Waals surface area contributed by atoms with Crippen molar-refractivity contribution >= 4 is 17.5 Å². The summed E-state index contributed by atoms with van der Waals surface area (Å²) in [6.45, 7) is 5.05. The number of aromatic nitrogens is 2. The van der Waals surface area contributed by atoms with E-state index in [0.29, 0.717) is 38.9 Å². The van der Waals surface area contributed by atoms with Crippen LogP contribution in [-0.4, -0.2) is 51.2 Å². The van der Waals surface area contributed by atoms with Crippen molar-refractivity contribution in [2.75, 3.05) is 13.1 Å². The molecule has 3 heterocycles. The van der Waals surface area contributed by atoms with Gasteiger partial charge in [0.05, 0.1) is 17.7 Å². The highest BCUT2D eigenvalue weighted by molar-refractivity contribution is 6.02. The lowest BCUT2D eigenvalue weighted by Crippen LogP contribution is -2.54. The summed E-state index contributed by atoms with van der Waals surface area (Å²) in [6.07, 6.45) is 6.03. The van der Waals surface area contributed by atoms with E-state index in [2.05, 4.69) is 28.4 Å². The van der Waals surface area contributed by atoms with Crippen LogP contribution in [-0.2, 0) is 28.0 Å². The Morgan fingerprint density at radius 1 is 1.31 bits per heavy atom. The van der Waals surface area contributed by atoms with Crippen LogP contribution in [0.4, 0.5) is 0 Å². The second-order valence-corrected chi connectivity index (χ2v) is 8.95. The number of amides is 2. The van der Waals surface area contributed by atoms with Crippen LogP contribution in [0.3, 0.4) is 0 Å². The molecule has 1 saturated heterocycles. The topological polar surface area (TPSA) is 88.8 Å². The molecular formula is C24H31N5O3. The molecule has 1 fully saturated rings. The number of nitrogens with one attached hydrogen (secondary N) is 1. The fourth-order valence-electron chi connectivity index (χ4n) is 4.79. The summed E-state index contributed by atoms with van der Waals surface area (Å²) in [5.41, 5.74) is 2.43. The summed E-state index contributed by atoms with van der Waals surface area (Å²) < 4.78 is 1.89. The third kappa shape index (κ3) is 4.54. The van der Waals surface area contributed by atoms with Gasteiger partial charge in [0.1, 0.15) is 11.9 Å². The highest BCUT2D eigenvalue weighted by atomic mass is 16.6. The highest BCUT2D eigenvalue weighted by Crippen LogP contribution is 2.38. The molecule has 1 aromatic heterocycles. The number of carbonyl (C=O) groups is 2. The van der Waals surface area contributed by atoms with Crippen molar-refractivity contribution in [3.8, 4) is 0 Å². The summed E-state index contributed by atoms with van der Waals surface area (Å²) in [4.78, 5) is 37.5. The summed E-state index contributed by atoms with van der Waals surface area (Å²) in [5, 5.41) is 7.42. The first kappa shape index (κ1) is 22.0. The fraction of sp³-hybridized carbons (Fsp3) is 0.500. The lowest BCUT2D eigenvalue weighted by atomic mass is 9.73. The standard InChI is InChI=1S/C24H31N5O3/c1-17-7-4-5-8-20(17)21-13-19(32-27-21)14-24(9-6-11-29(16-24)18(2)30)23(31)26-15-22-25-10-12-28(22)3/h4-5,7-8,10,12,19H,6,9,11,13-16H2,1-3H3,(H,26,31)/t19-,24-/m1/s1. The molecule has 2 atom stereocenters. The van der Waals surface area contributed by atoms with E-state index in [1.807, 2.05) is 36.0 Å². The van der Waals surface area contributed by atoms with Gasteiger partial charge < -0.3 is 19.6 Å². The molecule has 170 valence electrons. The predicted molar refractivity (Wildman–Crippen MR) is 121 cm³/mol. The van der Waals surface area contributed by atoms with E-state index in [4.69, 9.17) is 4.84 Å². The molecule has 32 heavy (non-hydrogen) atoms. The van der Waals surface area contributed by atoms with E-state index in [1.165, 1.54) is 0 Å². The normalized spacial score (nSPS) is 22.9. The number of hydrogen-bond donors (Lipinski definition) is 1. The molecule has 8 heteroatoms. The Balaban J connectivity index is 1.50. The maximum atomic E-state index is 13.5. The van der Waals surface area contributed by atoms with Gasteiger partial charge in [0.15, 0.2) is 0 Å². The largest absolute Gasteiger partial charge is 0.392 e. The molecule has 0 unspecified atom stereocenters. The van der Waals surface area contributed by atoms with Gasteiger partial charge >= 0.3 is 0 Å². The Morgan fingerprint density at radius 2 is 2.12 bits per heavy atom. The zero-order valence-electron chi connectivity index (χ0n) is 19.0. The molecule has 2 aliphatic rings. The zero-order chi connectivity index (χ0) is 22.7. The van der Waals surface area contributed by atoms with Crippen molar-refractivity contribution in [3.05, 3.63) is 53.6 Å². The molecule has 2 aliphatic heterocycles. The van der Waals surface area contributed by atoms with Gasteiger partial charge in [0.2, 0.25) is 11.8 Å². The van der Waals surface area contributed by atoms with Crippen LogP contribution in [0.15, 0.2) is 41.8 Å². The Morgan fingerprint density at radius 3 is 2.84 bits per heavy atom. The predicted octanol–water partition coefficient (Wildman–Crippen LogP) is 2.56. The van der Waals surface area contributed by atoms with Crippen LogP contribution >= 0.6 is 0 Å². The number of imidazole rings is 1. The van der Waals surface area contributed by atoms with Crippen molar-refractivity contribution < 1.29 is 14.4 Å². The van der Waals surface area contributed by atoms with Gasteiger partial charge in [-0.15, -0.1) is 0 Å². The second kappa shape index (κ2) is 9.14. The van der Waals surface area contributed by atoms with Gasteiger partial charge in [-0.3, -0.25) is 9.59 Å². The molecule has 4 rings (SSSR count). The molecule has 1 N–H and O–H groups in total. The van der Waals surface area contributed by atoms with Crippen molar-refractivity contribution in [3.63, 3.8) is 0 Å². The van der Waals surface area contributed by atoms with Crippen LogP contribution in [0, 0.1) is 12.3 Å². The molecule has 0 saturated carbocycles. The van der Waals surface area contributed by atoms with Gasteiger partial charge in [-0.2, -0.15) is 0 Å². The van der Waals surface area contributed by atoms with E-state index in [9.17, 15) is 9.59 Å². The summed E-state index contributed by atoms with van der Waals surface area (Å²) in [5.74, 6) is 0.726. The minimum absolute atomic E-state index is 0.00448. The number of rotatable bonds is 6. The smallest absolute Gasteiger partial charge is 0.228 e. The first-order chi connectivity index (χ1) is 15.4. The van der Waals surface area contributed by atoms with Crippen molar-refractivity contribution in [2.45, 2.75) is 52.2 Å². The summed E-state index contributed by atoms with van der Waals surface area (Å²) >= 11 is 0. The third-order valence-electron chi connectivity index (χ3n) is 6.64. The van der Waals surface area contributed by atoms with Gasteiger partial charge in [-0.1, -0.05) is 29.4 Å². The Bertz CT molecular complexity index is 1030. The first-order valence-corrected chi connectivity index (χ1v) is 11.2. The molecule has 2 amide bonds. The fourth-order valence-corrected chi connectivity index (χ4v) is 4.79. The van der Waals surface area contributed by atoms with Crippen LogP contribution < -0.4 is 5.32 Å². The van der Waals surface area contributed by atoms with Crippen LogP contribution in [0.5, 0.6) is 0 Å². The molecular weight excluding hydrogens is 406 g/mol. The monoisotopic (exact) mass is 437 g/mol. The molecule has 0 aliphatic carbocycles. The third-order valence-corrected chi connectivity index (χ3v) is 6.64. The van der Waals surface area contributed by atoms with Crippen molar-refractivity contribution in [2.24, 2.45) is 17.6 Å². The summed E-state index contributed by atoms with van der Waals surface area (Å²) in [6, 6.07) is 8.11. The zero-order valence-corrected chi connectivity index (χ0v) is 19.0. The molecule has 2 aromatic rings. The first-order valence-electron chi connectivity index (χ1n) is 11.2. The van der Waals surface area contributed by atoms with Crippen LogP contribution in [0.2, 0.25) is 0 Å². The van der Waals surface area contributed by atoms with E-state index in [-0.39, 0.29) is 17.9 Å². The van der Waals surface area contributed by atoms with Crippen LogP contribution in [0.1, 0.15) is 49.6 Å². The molecule has 0 spiro atoms. The van der Waals surface area contributed by atoms with E-state index >= 15 is 0 Å². The average Bonchev–Trinajstić information content (AvgIpc) is 3.41. The van der Waals surface area contributed by atoms with Crippen LogP contribution in [0.25, 0.3) is 0 Å². The number of oxime groups is 1.